The van der Waals surface area contributed by atoms with Gasteiger partial charge in [0.05, 0.1) is 11.4 Å². The van der Waals surface area contributed by atoms with Crippen molar-refractivity contribution in [1.82, 2.24) is 4.98 Å². The van der Waals surface area contributed by atoms with Crippen molar-refractivity contribution in [3.8, 4) is 0 Å². The molecule has 6 rings (SSSR count). The van der Waals surface area contributed by atoms with Crippen LogP contribution in [0.4, 0.5) is 22.9 Å². The van der Waals surface area contributed by atoms with E-state index in [1.165, 1.54) is 0 Å². The van der Waals surface area contributed by atoms with Crippen LogP contribution in [-0.4, -0.2) is 11.7 Å². The average Bonchev–Trinajstić information content (AvgIpc) is 3.33. The van der Waals surface area contributed by atoms with E-state index in [9.17, 15) is 0 Å². The molecule has 0 aliphatic carbocycles. The molecule has 0 N–H and O–H groups in total. The van der Waals surface area contributed by atoms with Crippen LogP contribution in [0, 0.1) is 0 Å². The Hall–Kier alpha value is -3.79. The van der Waals surface area contributed by atoms with E-state index < -0.39 is 0 Å². The summed E-state index contributed by atoms with van der Waals surface area (Å²) in [6.45, 7) is 0.687. The van der Waals surface area contributed by atoms with Gasteiger partial charge in [0.2, 0.25) is 0 Å². The molecule has 0 bridgehead atoms. The van der Waals surface area contributed by atoms with E-state index in [4.69, 9.17) is 9.40 Å². The molecular weight excluding hydrogens is 346 g/mol. The Kier molecular flexibility index (Phi) is 3.20. The molecule has 3 aromatic carbocycles. The second kappa shape index (κ2) is 5.86. The molecular formula is C24H17N3O. The van der Waals surface area contributed by atoms with Crippen molar-refractivity contribution in [3.63, 3.8) is 0 Å². The maximum absolute atomic E-state index is 6.26. The zero-order chi connectivity index (χ0) is 18.5. The van der Waals surface area contributed by atoms with Crippen LogP contribution < -0.4 is 9.80 Å². The van der Waals surface area contributed by atoms with Crippen molar-refractivity contribution >= 4 is 44.8 Å². The monoisotopic (exact) mass is 363 g/mol. The number of nitrogens with zero attached hydrogens (tertiary/aromatic N) is 3. The maximum Gasteiger partial charge on any atom is 0.159 e. The number of para-hydroxylation sites is 3. The lowest BCUT2D eigenvalue weighted by Crippen LogP contribution is -2.24. The average molecular weight is 363 g/mol. The fourth-order valence-electron chi connectivity index (χ4n) is 4.06. The Balaban J connectivity index is 1.56. The summed E-state index contributed by atoms with van der Waals surface area (Å²) in [5, 5.41) is 2.27. The van der Waals surface area contributed by atoms with Crippen molar-refractivity contribution in [2.45, 2.75) is 0 Å². The zero-order valence-corrected chi connectivity index (χ0v) is 15.1. The molecule has 134 valence electrons. The maximum atomic E-state index is 6.26. The highest BCUT2D eigenvalue weighted by atomic mass is 16.3. The summed E-state index contributed by atoms with van der Waals surface area (Å²) in [5.41, 5.74) is 5.09. The van der Waals surface area contributed by atoms with E-state index in [0.29, 0.717) is 6.67 Å². The lowest BCUT2D eigenvalue weighted by atomic mass is 10.1. The van der Waals surface area contributed by atoms with Crippen molar-refractivity contribution in [2.75, 3.05) is 16.5 Å². The third-order valence-electron chi connectivity index (χ3n) is 5.34. The van der Waals surface area contributed by atoms with Gasteiger partial charge in [-0.05, 0) is 36.4 Å². The first-order valence-corrected chi connectivity index (χ1v) is 9.35. The van der Waals surface area contributed by atoms with E-state index in [1.54, 1.807) is 0 Å². The summed E-state index contributed by atoms with van der Waals surface area (Å²) in [4.78, 5) is 9.21. The molecule has 2 aromatic heterocycles. The summed E-state index contributed by atoms with van der Waals surface area (Å²) in [7, 11) is 0. The van der Waals surface area contributed by atoms with Crippen molar-refractivity contribution in [1.29, 1.82) is 0 Å². The van der Waals surface area contributed by atoms with Gasteiger partial charge in [-0.15, -0.1) is 0 Å². The van der Waals surface area contributed by atoms with E-state index in [0.717, 1.165) is 44.8 Å². The summed E-state index contributed by atoms with van der Waals surface area (Å²) < 4.78 is 6.26. The number of furan rings is 1. The highest BCUT2D eigenvalue weighted by molar-refractivity contribution is 6.09. The summed E-state index contributed by atoms with van der Waals surface area (Å²) in [6.07, 6.45) is 1.85. The molecule has 28 heavy (non-hydrogen) atoms. The highest BCUT2D eigenvalue weighted by Gasteiger charge is 2.30. The molecule has 0 radical (unpaired) electrons. The molecule has 0 amide bonds. The van der Waals surface area contributed by atoms with Crippen LogP contribution in [-0.2, 0) is 0 Å². The Bertz CT molecular complexity index is 1310. The standard InChI is InChI=1S/C24H17N3O/c1-2-8-17(9-3-1)26-16-27(24-21(26)13-7-15-25-24)20-12-6-11-19-18-10-4-5-14-22(18)28-23(19)20/h1-15H,16H2. The van der Waals surface area contributed by atoms with Crippen LogP contribution in [0.1, 0.15) is 0 Å². The Labute approximate surface area is 162 Å². The van der Waals surface area contributed by atoms with Gasteiger partial charge in [-0.25, -0.2) is 4.98 Å². The fraction of sp³-hybridized carbons (Fsp3) is 0.0417. The van der Waals surface area contributed by atoms with Crippen molar-refractivity contribution in [2.24, 2.45) is 0 Å². The van der Waals surface area contributed by atoms with Gasteiger partial charge in [0.25, 0.3) is 0 Å². The molecule has 1 aliphatic heterocycles. The fourth-order valence-corrected chi connectivity index (χ4v) is 4.06. The predicted octanol–water partition coefficient (Wildman–Crippen LogP) is 6.23. The number of rotatable bonds is 2. The molecule has 0 unspecified atom stereocenters. The van der Waals surface area contributed by atoms with Gasteiger partial charge in [0.15, 0.2) is 11.4 Å². The molecule has 4 heteroatoms. The minimum Gasteiger partial charge on any atom is -0.454 e. The molecule has 0 saturated heterocycles. The van der Waals surface area contributed by atoms with Crippen molar-refractivity contribution < 1.29 is 4.42 Å². The lowest BCUT2D eigenvalue weighted by molar-refractivity contribution is 0.668. The van der Waals surface area contributed by atoms with Gasteiger partial charge in [-0.2, -0.15) is 0 Å². The lowest BCUT2D eigenvalue weighted by Gasteiger charge is -2.21. The normalized spacial score (nSPS) is 13.4. The SMILES string of the molecule is c1ccc(N2CN(c3cccc4c3oc3ccccc34)c3ncccc32)cc1. The van der Waals surface area contributed by atoms with E-state index in [2.05, 4.69) is 64.4 Å². The van der Waals surface area contributed by atoms with Crippen LogP contribution in [0.3, 0.4) is 0 Å². The van der Waals surface area contributed by atoms with Crippen LogP contribution in [0.15, 0.2) is 95.5 Å². The van der Waals surface area contributed by atoms with Gasteiger partial charge in [0, 0.05) is 22.7 Å². The minimum atomic E-state index is 0.687. The summed E-state index contributed by atoms with van der Waals surface area (Å²) in [5.74, 6) is 0.944. The van der Waals surface area contributed by atoms with Crippen LogP contribution in [0.25, 0.3) is 21.9 Å². The van der Waals surface area contributed by atoms with Gasteiger partial charge in [0.1, 0.15) is 12.3 Å². The Morgan fingerprint density at radius 3 is 2.39 bits per heavy atom. The summed E-state index contributed by atoms with van der Waals surface area (Å²) >= 11 is 0. The van der Waals surface area contributed by atoms with E-state index >= 15 is 0 Å². The smallest absolute Gasteiger partial charge is 0.159 e. The number of hydrogen-bond donors (Lipinski definition) is 0. The molecule has 3 heterocycles. The van der Waals surface area contributed by atoms with Crippen LogP contribution in [0.5, 0.6) is 0 Å². The van der Waals surface area contributed by atoms with Crippen molar-refractivity contribution in [3.05, 3.63) is 91.1 Å². The second-order valence-electron chi connectivity index (χ2n) is 6.93. The van der Waals surface area contributed by atoms with E-state index in [1.807, 2.05) is 36.5 Å². The first-order chi connectivity index (χ1) is 13.9. The summed E-state index contributed by atoms with van der Waals surface area (Å²) in [6, 6.07) is 29.0. The topological polar surface area (TPSA) is 32.5 Å². The molecule has 0 saturated carbocycles. The number of pyridine rings is 1. The highest BCUT2D eigenvalue weighted by Crippen LogP contribution is 2.45. The third-order valence-corrected chi connectivity index (χ3v) is 5.34. The van der Waals surface area contributed by atoms with Gasteiger partial charge in [-0.3, -0.25) is 0 Å². The quantitative estimate of drug-likeness (QED) is 0.372. The van der Waals surface area contributed by atoms with Crippen LogP contribution in [0.2, 0.25) is 0 Å². The predicted molar refractivity (Wildman–Crippen MR) is 114 cm³/mol. The number of anilines is 4. The first-order valence-electron chi connectivity index (χ1n) is 9.35. The molecule has 4 nitrogen and oxygen atoms in total. The molecule has 0 spiro atoms. The van der Waals surface area contributed by atoms with E-state index in [-0.39, 0.29) is 0 Å². The first kappa shape index (κ1) is 15.3. The number of fused-ring (bicyclic) bond motifs is 4. The minimum absolute atomic E-state index is 0.687. The largest absolute Gasteiger partial charge is 0.454 e. The van der Waals surface area contributed by atoms with Gasteiger partial charge < -0.3 is 14.2 Å². The Morgan fingerprint density at radius 2 is 1.46 bits per heavy atom. The molecule has 5 aromatic rings. The zero-order valence-electron chi connectivity index (χ0n) is 15.1. The molecule has 1 aliphatic rings. The second-order valence-corrected chi connectivity index (χ2v) is 6.93. The third kappa shape index (κ3) is 2.15. The van der Waals surface area contributed by atoms with Gasteiger partial charge >= 0.3 is 0 Å². The number of aromatic nitrogens is 1. The molecule has 0 fully saturated rings. The number of hydrogen-bond acceptors (Lipinski definition) is 4. The van der Waals surface area contributed by atoms with Gasteiger partial charge in [-0.1, -0.05) is 48.5 Å². The van der Waals surface area contributed by atoms with Crippen LogP contribution >= 0.6 is 0 Å². The molecule has 0 atom stereocenters. The number of benzene rings is 3. The Morgan fingerprint density at radius 1 is 0.679 bits per heavy atom.